The summed E-state index contributed by atoms with van der Waals surface area (Å²) in [6.45, 7) is 10.1. The number of nitrogens with two attached hydrogens (primary N) is 1. The molecule has 2 heteroatoms. The Bertz CT molecular complexity index is 347. The Morgan fingerprint density at radius 3 is 2.47 bits per heavy atom. The summed E-state index contributed by atoms with van der Waals surface area (Å²) in [4.78, 5) is 0. The first-order valence-electron chi connectivity index (χ1n) is 6.50. The molecule has 1 atom stereocenters. The van der Waals surface area contributed by atoms with Crippen molar-refractivity contribution >= 4 is 0 Å². The maximum Gasteiger partial charge on any atom is 0.122 e. The van der Waals surface area contributed by atoms with Gasteiger partial charge in [0.25, 0.3) is 0 Å². The van der Waals surface area contributed by atoms with E-state index in [-0.39, 0.29) is 0 Å². The van der Waals surface area contributed by atoms with Crippen molar-refractivity contribution in [3.63, 3.8) is 0 Å². The van der Waals surface area contributed by atoms with Crippen molar-refractivity contribution in [2.24, 2.45) is 17.6 Å². The van der Waals surface area contributed by atoms with Crippen molar-refractivity contribution in [3.05, 3.63) is 29.3 Å². The average molecular weight is 235 g/mol. The lowest BCUT2D eigenvalue weighted by Crippen LogP contribution is -2.22. The summed E-state index contributed by atoms with van der Waals surface area (Å²) in [5.74, 6) is 2.18. The Hall–Kier alpha value is -1.02. The van der Waals surface area contributed by atoms with Gasteiger partial charge < -0.3 is 10.5 Å². The van der Waals surface area contributed by atoms with Gasteiger partial charge in [-0.1, -0.05) is 26.0 Å². The topological polar surface area (TPSA) is 35.2 Å². The summed E-state index contributed by atoms with van der Waals surface area (Å²) in [5, 5.41) is 0. The minimum Gasteiger partial charge on any atom is -0.494 e. The number of aryl methyl sites for hydroxylation is 1. The summed E-state index contributed by atoms with van der Waals surface area (Å²) in [6, 6.07) is 6.45. The second kappa shape index (κ2) is 6.65. The van der Waals surface area contributed by atoms with Crippen LogP contribution in [0.3, 0.4) is 0 Å². The van der Waals surface area contributed by atoms with Crippen LogP contribution in [0.25, 0.3) is 0 Å². The van der Waals surface area contributed by atoms with Gasteiger partial charge in [-0.2, -0.15) is 0 Å². The summed E-state index contributed by atoms with van der Waals surface area (Å²) in [7, 11) is 0. The summed E-state index contributed by atoms with van der Waals surface area (Å²) < 4.78 is 5.55. The van der Waals surface area contributed by atoms with E-state index < -0.39 is 0 Å². The van der Waals surface area contributed by atoms with Crippen molar-refractivity contribution in [2.45, 2.75) is 34.1 Å². The Morgan fingerprint density at radius 1 is 1.29 bits per heavy atom. The predicted molar refractivity (Wildman–Crippen MR) is 73.4 cm³/mol. The van der Waals surface area contributed by atoms with Crippen LogP contribution in [0.15, 0.2) is 18.2 Å². The van der Waals surface area contributed by atoms with E-state index in [1.54, 1.807) is 0 Å². The Morgan fingerprint density at radius 2 is 2.00 bits per heavy atom. The quantitative estimate of drug-likeness (QED) is 0.822. The van der Waals surface area contributed by atoms with E-state index in [1.807, 2.05) is 6.92 Å². The van der Waals surface area contributed by atoms with Crippen LogP contribution in [0.1, 0.15) is 31.9 Å². The van der Waals surface area contributed by atoms with Crippen LogP contribution < -0.4 is 10.5 Å². The zero-order valence-corrected chi connectivity index (χ0v) is 11.5. The number of hydrogen-bond donors (Lipinski definition) is 1. The third-order valence-electron chi connectivity index (χ3n) is 3.28. The molecule has 0 radical (unpaired) electrons. The van der Waals surface area contributed by atoms with Gasteiger partial charge in [0.05, 0.1) is 6.61 Å². The lowest BCUT2D eigenvalue weighted by Gasteiger charge is -2.19. The van der Waals surface area contributed by atoms with Crippen molar-refractivity contribution in [1.29, 1.82) is 0 Å². The standard InChI is InChI=1S/C15H25NO/c1-5-17-15-7-6-13(8-12(15)4)9-14(10-16)11(2)3/h6-8,11,14H,5,9-10,16H2,1-4H3. The molecule has 0 aliphatic carbocycles. The van der Waals surface area contributed by atoms with Crippen molar-refractivity contribution in [1.82, 2.24) is 0 Å². The molecule has 1 aromatic carbocycles. The monoisotopic (exact) mass is 235 g/mol. The van der Waals surface area contributed by atoms with E-state index in [4.69, 9.17) is 10.5 Å². The molecule has 0 aliphatic heterocycles. The highest BCUT2D eigenvalue weighted by molar-refractivity contribution is 5.36. The van der Waals surface area contributed by atoms with Gasteiger partial charge in [0, 0.05) is 0 Å². The maximum absolute atomic E-state index is 5.81. The number of rotatable bonds is 6. The minimum absolute atomic E-state index is 0.562. The Balaban J connectivity index is 2.76. The van der Waals surface area contributed by atoms with E-state index in [2.05, 4.69) is 39.0 Å². The number of hydrogen-bond acceptors (Lipinski definition) is 2. The molecular formula is C15H25NO. The van der Waals surface area contributed by atoms with Crippen LogP contribution in [0.5, 0.6) is 5.75 Å². The van der Waals surface area contributed by atoms with Gasteiger partial charge in [0.1, 0.15) is 5.75 Å². The van der Waals surface area contributed by atoms with Crippen molar-refractivity contribution in [2.75, 3.05) is 13.2 Å². The summed E-state index contributed by atoms with van der Waals surface area (Å²) in [5.41, 5.74) is 8.38. The molecule has 17 heavy (non-hydrogen) atoms. The van der Waals surface area contributed by atoms with Crippen LogP contribution in [-0.2, 0) is 6.42 Å². The highest BCUT2D eigenvalue weighted by Crippen LogP contribution is 2.22. The zero-order chi connectivity index (χ0) is 12.8. The molecule has 1 unspecified atom stereocenters. The second-order valence-electron chi connectivity index (χ2n) is 4.98. The molecule has 2 N–H and O–H groups in total. The van der Waals surface area contributed by atoms with E-state index in [1.165, 1.54) is 11.1 Å². The van der Waals surface area contributed by atoms with Crippen molar-refractivity contribution < 1.29 is 4.74 Å². The van der Waals surface area contributed by atoms with Gasteiger partial charge in [-0.25, -0.2) is 0 Å². The van der Waals surface area contributed by atoms with Gasteiger partial charge in [-0.3, -0.25) is 0 Å². The highest BCUT2D eigenvalue weighted by atomic mass is 16.5. The van der Waals surface area contributed by atoms with Crippen LogP contribution in [0.2, 0.25) is 0 Å². The molecule has 0 aliphatic rings. The molecule has 1 rings (SSSR count). The Labute approximate surface area is 105 Å². The molecule has 2 nitrogen and oxygen atoms in total. The molecule has 0 heterocycles. The third-order valence-corrected chi connectivity index (χ3v) is 3.28. The average Bonchev–Trinajstić information content (AvgIpc) is 2.29. The second-order valence-corrected chi connectivity index (χ2v) is 4.98. The first kappa shape index (κ1) is 14.0. The molecular weight excluding hydrogens is 210 g/mol. The Kier molecular flexibility index (Phi) is 5.49. The molecule has 0 fully saturated rings. The number of ether oxygens (including phenoxy) is 1. The SMILES string of the molecule is CCOc1ccc(CC(CN)C(C)C)cc1C. The van der Waals surface area contributed by atoms with Gasteiger partial charge in [0.15, 0.2) is 0 Å². The van der Waals surface area contributed by atoms with Gasteiger partial charge in [-0.05, 0) is 55.8 Å². The first-order valence-corrected chi connectivity index (χ1v) is 6.50. The highest BCUT2D eigenvalue weighted by Gasteiger charge is 2.12. The molecule has 1 aromatic rings. The number of benzene rings is 1. The van der Waals surface area contributed by atoms with Gasteiger partial charge in [0.2, 0.25) is 0 Å². The van der Waals surface area contributed by atoms with Gasteiger partial charge in [-0.15, -0.1) is 0 Å². The fourth-order valence-electron chi connectivity index (χ4n) is 2.05. The minimum atomic E-state index is 0.562. The lowest BCUT2D eigenvalue weighted by atomic mass is 9.89. The maximum atomic E-state index is 5.81. The smallest absolute Gasteiger partial charge is 0.122 e. The van der Waals surface area contributed by atoms with Crippen LogP contribution in [0.4, 0.5) is 0 Å². The molecule has 0 aromatic heterocycles. The first-order chi connectivity index (χ1) is 8.08. The summed E-state index contributed by atoms with van der Waals surface area (Å²) in [6.07, 6.45) is 1.06. The van der Waals surface area contributed by atoms with E-state index in [0.717, 1.165) is 25.3 Å². The fourth-order valence-corrected chi connectivity index (χ4v) is 2.05. The molecule has 0 bridgehead atoms. The zero-order valence-electron chi connectivity index (χ0n) is 11.5. The van der Waals surface area contributed by atoms with Gasteiger partial charge >= 0.3 is 0 Å². The lowest BCUT2D eigenvalue weighted by molar-refractivity contribution is 0.337. The fraction of sp³-hybridized carbons (Fsp3) is 0.600. The molecule has 96 valence electrons. The van der Waals surface area contributed by atoms with E-state index in [9.17, 15) is 0 Å². The van der Waals surface area contributed by atoms with E-state index in [0.29, 0.717) is 11.8 Å². The van der Waals surface area contributed by atoms with Crippen molar-refractivity contribution in [3.8, 4) is 5.75 Å². The van der Waals surface area contributed by atoms with Crippen LogP contribution in [0, 0.1) is 18.8 Å². The normalized spacial score (nSPS) is 12.8. The third kappa shape index (κ3) is 4.04. The summed E-state index contributed by atoms with van der Waals surface area (Å²) >= 11 is 0. The van der Waals surface area contributed by atoms with Crippen LogP contribution >= 0.6 is 0 Å². The van der Waals surface area contributed by atoms with Crippen LogP contribution in [-0.4, -0.2) is 13.2 Å². The van der Waals surface area contributed by atoms with E-state index >= 15 is 0 Å². The molecule has 0 spiro atoms. The largest absolute Gasteiger partial charge is 0.494 e. The molecule has 0 saturated carbocycles. The molecule has 0 amide bonds. The molecule has 0 saturated heterocycles. The predicted octanol–water partition coefficient (Wildman–Crippen LogP) is 3.17.